The molecule has 7 heteroatoms. The van der Waals surface area contributed by atoms with E-state index in [1.54, 1.807) is 12.1 Å². The Kier molecular flexibility index (Phi) is 6.34. The largest absolute Gasteiger partial charge is 0.379 e. The number of thiazole rings is 1. The van der Waals surface area contributed by atoms with E-state index in [0.29, 0.717) is 11.3 Å². The summed E-state index contributed by atoms with van der Waals surface area (Å²) in [4.78, 5) is 20.1. The molecule has 1 aromatic heterocycles. The SMILES string of the molecule is Cc1nc(Cc2ccc(F)cc2)sc1C(=O)NC(C)CN1CCOCC1. The molecule has 1 saturated heterocycles. The topological polar surface area (TPSA) is 54.5 Å². The van der Waals surface area contributed by atoms with Crippen LogP contribution in [0.15, 0.2) is 24.3 Å². The van der Waals surface area contributed by atoms with E-state index in [-0.39, 0.29) is 17.8 Å². The minimum atomic E-state index is -0.251. The summed E-state index contributed by atoms with van der Waals surface area (Å²) in [5.74, 6) is -0.329. The summed E-state index contributed by atoms with van der Waals surface area (Å²) in [6.45, 7) is 8.00. The zero-order chi connectivity index (χ0) is 18.5. The van der Waals surface area contributed by atoms with E-state index in [1.807, 2.05) is 13.8 Å². The number of hydrogen-bond acceptors (Lipinski definition) is 5. The molecule has 1 aromatic carbocycles. The Morgan fingerprint density at radius 2 is 2.04 bits per heavy atom. The van der Waals surface area contributed by atoms with Crippen LogP contribution in [0.3, 0.4) is 0 Å². The predicted octanol–water partition coefficient (Wildman–Crippen LogP) is 2.63. The molecule has 1 aliphatic rings. The Balaban J connectivity index is 1.58. The fourth-order valence-electron chi connectivity index (χ4n) is 3.02. The van der Waals surface area contributed by atoms with Crippen molar-refractivity contribution in [1.29, 1.82) is 0 Å². The van der Waals surface area contributed by atoms with Crippen LogP contribution in [0.5, 0.6) is 0 Å². The molecule has 0 aliphatic carbocycles. The van der Waals surface area contributed by atoms with Gasteiger partial charge in [0, 0.05) is 32.1 Å². The van der Waals surface area contributed by atoms with Crippen molar-refractivity contribution in [3.63, 3.8) is 0 Å². The van der Waals surface area contributed by atoms with Gasteiger partial charge in [0.15, 0.2) is 0 Å². The number of hydrogen-bond donors (Lipinski definition) is 1. The van der Waals surface area contributed by atoms with Crippen molar-refractivity contribution in [2.24, 2.45) is 0 Å². The van der Waals surface area contributed by atoms with Crippen molar-refractivity contribution in [1.82, 2.24) is 15.2 Å². The van der Waals surface area contributed by atoms with Gasteiger partial charge in [-0.25, -0.2) is 9.37 Å². The normalized spacial score (nSPS) is 16.4. The van der Waals surface area contributed by atoms with Crippen molar-refractivity contribution in [2.45, 2.75) is 26.3 Å². The van der Waals surface area contributed by atoms with Gasteiger partial charge in [0.2, 0.25) is 0 Å². The molecular weight excluding hydrogens is 353 g/mol. The van der Waals surface area contributed by atoms with Gasteiger partial charge < -0.3 is 10.1 Å². The minimum absolute atomic E-state index is 0.0580. The van der Waals surface area contributed by atoms with E-state index in [9.17, 15) is 9.18 Å². The first-order valence-electron chi connectivity index (χ1n) is 8.83. The molecule has 1 amide bonds. The second-order valence-electron chi connectivity index (χ2n) is 6.61. The molecule has 0 bridgehead atoms. The van der Waals surface area contributed by atoms with Crippen molar-refractivity contribution >= 4 is 17.2 Å². The lowest BCUT2D eigenvalue weighted by Gasteiger charge is -2.29. The van der Waals surface area contributed by atoms with E-state index >= 15 is 0 Å². The second kappa shape index (κ2) is 8.70. The van der Waals surface area contributed by atoms with Crippen molar-refractivity contribution in [3.05, 3.63) is 51.2 Å². The van der Waals surface area contributed by atoms with Crippen LogP contribution in [0.2, 0.25) is 0 Å². The second-order valence-corrected chi connectivity index (χ2v) is 7.70. The van der Waals surface area contributed by atoms with Gasteiger partial charge in [-0.1, -0.05) is 12.1 Å². The van der Waals surface area contributed by atoms with Crippen LogP contribution in [-0.2, 0) is 11.2 Å². The van der Waals surface area contributed by atoms with Crippen LogP contribution in [0.25, 0.3) is 0 Å². The Hall–Kier alpha value is -1.83. The van der Waals surface area contributed by atoms with Gasteiger partial charge in [0.1, 0.15) is 10.7 Å². The molecule has 1 atom stereocenters. The summed E-state index contributed by atoms with van der Waals surface area (Å²) in [5, 5.41) is 3.93. The van der Waals surface area contributed by atoms with Gasteiger partial charge in [-0.05, 0) is 31.5 Å². The Morgan fingerprint density at radius 3 is 2.73 bits per heavy atom. The monoisotopic (exact) mass is 377 g/mol. The highest BCUT2D eigenvalue weighted by atomic mass is 32.1. The molecule has 1 aliphatic heterocycles. The minimum Gasteiger partial charge on any atom is -0.379 e. The predicted molar refractivity (Wildman–Crippen MR) is 100 cm³/mol. The fraction of sp³-hybridized carbons (Fsp3) is 0.474. The molecule has 1 N–H and O–H groups in total. The van der Waals surface area contributed by atoms with Gasteiger partial charge in [-0.15, -0.1) is 11.3 Å². The van der Waals surface area contributed by atoms with Crippen molar-refractivity contribution in [3.8, 4) is 0 Å². The quantitative estimate of drug-likeness (QED) is 0.841. The number of carbonyl (C=O) groups is 1. The average molecular weight is 377 g/mol. The maximum absolute atomic E-state index is 13.0. The molecule has 26 heavy (non-hydrogen) atoms. The zero-order valence-corrected chi connectivity index (χ0v) is 15.9. The van der Waals surface area contributed by atoms with Crippen LogP contribution < -0.4 is 5.32 Å². The van der Waals surface area contributed by atoms with Gasteiger partial charge in [0.05, 0.1) is 23.9 Å². The van der Waals surface area contributed by atoms with Gasteiger partial charge in [-0.2, -0.15) is 0 Å². The van der Waals surface area contributed by atoms with Gasteiger partial charge in [-0.3, -0.25) is 9.69 Å². The van der Waals surface area contributed by atoms with E-state index in [0.717, 1.165) is 49.1 Å². The molecule has 0 saturated carbocycles. The Bertz CT molecular complexity index is 742. The third-order valence-corrected chi connectivity index (χ3v) is 5.49. The van der Waals surface area contributed by atoms with E-state index in [2.05, 4.69) is 15.2 Å². The smallest absolute Gasteiger partial charge is 0.263 e. The Morgan fingerprint density at radius 1 is 1.35 bits per heavy atom. The summed E-state index contributed by atoms with van der Waals surface area (Å²) in [7, 11) is 0. The first-order chi connectivity index (χ1) is 12.5. The van der Waals surface area contributed by atoms with E-state index in [4.69, 9.17) is 4.74 Å². The molecule has 2 aromatic rings. The van der Waals surface area contributed by atoms with Crippen molar-refractivity contribution in [2.75, 3.05) is 32.8 Å². The number of halogens is 1. The first kappa shape index (κ1) is 18.9. The first-order valence-corrected chi connectivity index (χ1v) is 9.64. The summed E-state index contributed by atoms with van der Waals surface area (Å²) < 4.78 is 18.4. The average Bonchev–Trinajstić information content (AvgIpc) is 2.98. The molecule has 3 rings (SSSR count). The molecule has 5 nitrogen and oxygen atoms in total. The standard InChI is InChI=1S/C19H24FN3O2S/c1-13(12-23-7-9-25-10-8-23)21-19(24)18-14(2)22-17(26-18)11-15-3-5-16(20)6-4-15/h3-6,13H,7-12H2,1-2H3,(H,21,24). The van der Waals surface area contributed by atoms with Crippen LogP contribution in [-0.4, -0.2) is 54.7 Å². The highest BCUT2D eigenvalue weighted by Crippen LogP contribution is 2.21. The fourth-order valence-corrected chi connectivity index (χ4v) is 4.02. The lowest BCUT2D eigenvalue weighted by atomic mass is 10.1. The van der Waals surface area contributed by atoms with Crippen LogP contribution in [0.4, 0.5) is 4.39 Å². The van der Waals surface area contributed by atoms with E-state index < -0.39 is 0 Å². The third kappa shape index (κ3) is 5.09. The summed E-state index contributed by atoms with van der Waals surface area (Å²) in [6, 6.07) is 6.43. The number of ether oxygens (including phenoxy) is 1. The number of aryl methyl sites for hydroxylation is 1. The molecule has 0 spiro atoms. The van der Waals surface area contributed by atoms with Crippen molar-refractivity contribution < 1.29 is 13.9 Å². The molecule has 2 heterocycles. The van der Waals surface area contributed by atoms with Gasteiger partial charge in [0.25, 0.3) is 5.91 Å². The zero-order valence-electron chi connectivity index (χ0n) is 15.1. The highest BCUT2D eigenvalue weighted by molar-refractivity contribution is 7.13. The number of aromatic nitrogens is 1. The Labute approximate surface area is 157 Å². The number of carbonyl (C=O) groups excluding carboxylic acids is 1. The van der Waals surface area contributed by atoms with Crippen LogP contribution in [0, 0.1) is 12.7 Å². The summed E-state index contributed by atoms with van der Waals surface area (Å²) in [5.41, 5.74) is 1.72. The number of benzene rings is 1. The summed E-state index contributed by atoms with van der Waals surface area (Å²) in [6.07, 6.45) is 0.600. The third-order valence-electron chi connectivity index (χ3n) is 4.33. The molecule has 0 radical (unpaired) electrons. The van der Waals surface area contributed by atoms with E-state index in [1.165, 1.54) is 23.5 Å². The molecule has 1 unspecified atom stereocenters. The maximum Gasteiger partial charge on any atom is 0.263 e. The summed E-state index contributed by atoms with van der Waals surface area (Å²) >= 11 is 1.40. The number of nitrogens with zero attached hydrogens (tertiary/aromatic N) is 2. The lowest BCUT2D eigenvalue weighted by molar-refractivity contribution is 0.0342. The highest BCUT2D eigenvalue weighted by Gasteiger charge is 2.19. The number of amides is 1. The van der Waals surface area contributed by atoms with Crippen LogP contribution >= 0.6 is 11.3 Å². The number of rotatable bonds is 6. The number of morpholine rings is 1. The number of nitrogens with one attached hydrogen (secondary N) is 1. The maximum atomic E-state index is 13.0. The van der Waals surface area contributed by atoms with Crippen LogP contribution in [0.1, 0.15) is 32.9 Å². The van der Waals surface area contributed by atoms with Gasteiger partial charge >= 0.3 is 0 Å². The lowest BCUT2D eigenvalue weighted by Crippen LogP contribution is -2.46. The molecule has 140 valence electrons. The molecule has 1 fully saturated rings. The molecular formula is C19H24FN3O2S.